The number of halogens is 2. The Kier molecular flexibility index (Phi) is 4.01. The molecule has 0 radical (unpaired) electrons. The molecule has 3 rings (SSSR count). The van der Waals surface area contributed by atoms with Crippen molar-refractivity contribution in [3.8, 4) is 11.3 Å². The number of hydrogen-bond donors (Lipinski definition) is 4. The number of nitrogens with one attached hydrogen (secondary N) is 1. The minimum atomic E-state index is -2.62. The van der Waals surface area contributed by atoms with Gasteiger partial charge in [0.2, 0.25) is 11.6 Å². The lowest BCUT2D eigenvalue weighted by molar-refractivity contribution is -0.0775. The van der Waals surface area contributed by atoms with Gasteiger partial charge in [0.05, 0.1) is 11.5 Å². The summed E-state index contributed by atoms with van der Waals surface area (Å²) in [7, 11) is 0. The highest BCUT2D eigenvalue weighted by molar-refractivity contribution is 6.30. The van der Waals surface area contributed by atoms with Gasteiger partial charge in [-0.25, -0.2) is 4.39 Å². The van der Waals surface area contributed by atoms with E-state index in [-0.39, 0.29) is 17.0 Å². The second kappa shape index (κ2) is 5.75. The number of alkyl halides is 1. The molecule has 0 amide bonds. The van der Waals surface area contributed by atoms with Crippen LogP contribution in [0.2, 0.25) is 0 Å². The van der Waals surface area contributed by atoms with Crippen LogP contribution in [0.25, 0.3) is 11.0 Å². The van der Waals surface area contributed by atoms with Gasteiger partial charge in [0, 0.05) is 11.6 Å². The van der Waals surface area contributed by atoms with Gasteiger partial charge in [-0.05, 0) is 30.5 Å². The van der Waals surface area contributed by atoms with Crippen molar-refractivity contribution >= 4 is 28.6 Å². The van der Waals surface area contributed by atoms with Gasteiger partial charge >= 0.3 is 0 Å². The Hall–Kier alpha value is -2.12. The molecule has 10 heteroatoms. The summed E-state index contributed by atoms with van der Waals surface area (Å²) in [5.41, 5.74) is 2.46. The predicted molar refractivity (Wildman–Crippen MR) is 83.8 cm³/mol. The van der Waals surface area contributed by atoms with Crippen LogP contribution in [-0.2, 0) is 4.74 Å². The monoisotopic (exact) mass is 356 g/mol. The van der Waals surface area contributed by atoms with Crippen molar-refractivity contribution < 1.29 is 19.3 Å². The fourth-order valence-electron chi connectivity index (χ4n) is 2.81. The number of nitrogens with zero attached hydrogens (tertiary/aromatic N) is 2. The Labute approximate surface area is 140 Å². The first-order chi connectivity index (χ1) is 11.3. The minimum absolute atomic E-state index is 0.0538. The number of ether oxygens (including phenoxy) is 1. The molecule has 1 saturated heterocycles. The predicted octanol–water partition coefficient (Wildman–Crippen LogP) is -0.146. The number of hydrogen-bond acceptors (Lipinski definition) is 6. The summed E-state index contributed by atoms with van der Waals surface area (Å²) in [4.78, 5) is 18.2. The quantitative estimate of drug-likeness (QED) is 0.554. The molecule has 1 unspecified atom stereocenters. The molecule has 0 aliphatic carbocycles. The van der Waals surface area contributed by atoms with Crippen molar-refractivity contribution in [3.05, 3.63) is 22.6 Å². The van der Waals surface area contributed by atoms with Gasteiger partial charge in [-0.1, -0.05) is 0 Å². The fourth-order valence-corrected chi connectivity index (χ4v) is 2.96. The highest BCUT2D eigenvalue weighted by atomic mass is 35.5. The molecule has 1 aliphatic rings. The highest BCUT2D eigenvalue weighted by Gasteiger charge is 2.59. The van der Waals surface area contributed by atoms with Crippen molar-refractivity contribution in [2.75, 3.05) is 5.73 Å². The zero-order valence-corrected chi connectivity index (χ0v) is 13.2. The summed E-state index contributed by atoms with van der Waals surface area (Å²) in [6.45, 7) is 1.35. The molecule has 5 atom stereocenters. The van der Waals surface area contributed by atoms with Crippen LogP contribution in [0.4, 0.5) is 10.3 Å². The second-order valence-corrected chi connectivity index (χ2v) is 5.73. The number of anilines is 1. The van der Waals surface area contributed by atoms with E-state index in [1.54, 1.807) is 0 Å². The van der Waals surface area contributed by atoms with E-state index >= 15 is 4.39 Å². The largest absolute Gasteiger partial charge is 0.391 e. The standard InChI is InChI=1S/C14H14ClFN4O4/c1-6(21)8-9(22)14(16,3-4-15)12(24-8)20-5-2-7-10(20)18-13(17)19-11(7)23/h2,5-6,8-9,12,21-22H,1H3,(H3,17,18,19,23)/t6-,8-,9?,12-,14-/m1/s1. The van der Waals surface area contributed by atoms with Gasteiger partial charge in [-0.2, -0.15) is 4.98 Å². The van der Waals surface area contributed by atoms with Gasteiger partial charge in [0.25, 0.3) is 5.56 Å². The number of rotatable bonds is 2. The summed E-state index contributed by atoms with van der Waals surface area (Å²) < 4.78 is 22.0. The first kappa shape index (κ1) is 16.7. The molecular weight excluding hydrogens is 343 g/mol. The van der Waals surface area contributed by atoms with Crippen LogP contribution < -0.4 is 11.3 Å². The minimum Gasteiger partial charge on any atom is -0.391 e. The van der Waals surface area contributed by atoms with E-state index in [9.17, 15) is 15.0 Å². The Balaban J connectivity index is 2.20. The second-order valence-electron chi connectivity index (χ2n) is 5.54. The molecular formula is C14H14ClFN4O4. The van der Waals surface area contributed by atoms with E-state index in [2.05, 4.69) is 15.9 Å². The first-order valence-corrected chi connectivity index (χ1v) is 7.37. The molecule has 2 aromatic rings. The van der Waals surface area contributed by atoms with Crippen molar-refractivity contribution in [2.45, 2.75) is 37.1 Å². The zero-order chi connectivity index (χ0) is 17.6. The first-order valence-electron chi connectivity index (χ1n) is 6.99. The third-order valence-electron chi connectivity index (χ3n) is 3.95. The maximum Gasteiger partial charge on any atom is 0.261 e. The number of nitrogen functional groups attached to an aromatic ring is 1. The fraction of sp³-hybridized carbons (Fsp3) is 0.429. The normalized spacial score (nSPS) is 31.0. The molecule has 0 aromatic carbocycles. The molecule has 0 saturated carbocycles. The number of aromatic amines is 1. The van der Waals surface area contributed by atoms with Gasteiger partial charge in [-0.15, -0.1) is 0 Å². The SMILES string of the molecule is C[C@@H](O)[C@H]1O[C@@H](n2ccc3c(=O)[nH]c(N)nc32)[C@@](F)(C#CCl)C1O. The summed E-state index contributed by atoms with van der Waals surface area (Å²) in [6.07, 6.45) is -4.29. The Morgan fingerprint density at radius 3 is 3.00 bits per heavy atom. The summed E-state index contributed by atoms with van der Waals surface area (Å²) in [6, 6.07) is 1.40. The molecule has 2 aromatic heterocycles. The van der Waals surface area contributed by atoms with Crippen LogP contribution in [0.5, 0.6) is 0 Å². The van der Waals surface area contributed by atoms with Gasteiger partial charge < -0.3 is 25.3 Å². The summed E-state index contributed by atoms with van der Waals surface area (Å²) >= 11 is 5.33. The Morgan fingerprint density at radius 2 is 2.38 bits per heavy atom. The smallest absolute Gasteiger partial charge is 0.261 e. The number of aliphatic hydroxyl groups is 2. The van der Waals surface area contributed by atoms with Crippen LogP contribution in [0.1, 0.15) is 13.2 Å². The molecule has 5 N–H and O–H groups in total. The number of H-pyrrole nitrogens is 1. The molecule has 0 spiro atoms. The van der Waals surface area contributed by atoms with Crippen molar-refractivity contribution in [3.63, 3.8) is 0 Å². The van der Waals surface area contributed by atoms with Crippen molar-refractivity contribution in [1.29, 1.82) is 0 Å². The van der Waals surface area contributed by atoms with Crippen LogP contribution >= 0.6 is 11.6 Å². The lowest BCUT2D eigenvalue weighted by atomic mass is 9.95. The lowest BCUT2D eigenvalue weighted by Crippen LogP contribution is -2.44. The molecule has 8 nitrogen and oxygen atoms in total. The molecule has 24 heavy (non-hydrogen) atoms. The summed E-state index contributed by atoms with van der Waals surface area (Å²) in [5.74, 6) is 1.92. The molecule has 1 aliphatic heterocycles. The average molecular weight is 357 g/mol. The zero-order valence-electron chi connectivity index (χ0n) is 12.4. The van der Waals surface area contributed by atoms with Gasteiger partial charge in [0.1, 0.15) is 12.2 Å². The maximum atomic E-state index is 15.4. The third kappa shape index (κ3) is 2.35. The summed E-state index contributed by atoms with van der Waals surface area (Å²) in [5, 5.41) is 22.0. The third-order valence-corrected chi connectivity index (χ3v) is 4.05. The van der Waals surface area contributed by atoms with Crippen LogP contribution in [-0.4, -0.2) is 48.7 Å². The van der Waals surface area contributed by atoms with Gasteiger partial charge in [-0.3, -0.25) is 9.78 Å². The van der Waals surface area contributed by atoms with E-state index in [1.807, 2.05) is 5.38 Å². The molecule has 1 fully saturated rings. The number of fused-ring (bicyclic) bond motifs is 1. The van der Waals surface area contributed by atoms with Crippen LogP contribution in [0, 0.1) is 11.3 Å². The van der Waals surface area contributed by atoms with E-state index in [1.165, 1.54) is 23.8 Å². The van der Waals surface area contributed by atoms with Gasteiger partial charge in [0.15, 0.2) is 11.9 Å². The Morgan fingerprint density at radius 1 is 1.67 bits per heavy atom. The van der Waals surface area contributed by atoms with E-state index in [4.69, 9.17) is 22.1 Å². The van der Waals surface area contributed by atoms with E-state index < -0.39 is 35.8 Å². The van der Waals surface area contributed by atoms with Crippen LogP contribution in [0.3, 0.4) is 0 Å². The lowest BCUT2D eigenvalue weighted by Gasteiger charge is -2.24. The number of nitrogens with two attached hydrogens (primary N) is 1. The maximum absolute atomic E-state index is 15.4. The number of aliphatic hydroxyl groups excluding tert-OH is 2. The van der Waals surface area contributed by atoms with E-state index in [0.29, 0.717) is 0 Å². The average Bonchev–Trinajstić information content (AvgIpc) is 3.00. The molecule has 3 heterocycles. The van der Waals surface area contributed by atoms with E-state index in [0.717, 1.165) is 0 Å². The topological polar surface area (TPSA) is 126 Å². The number of aromatic nitrogens is 3. The van der Waals surface area contributed by atoms with Crippen molar-refractivity contribution in [2.24, 2.45) is 0 Å². The highest BCUT2D eigenvalue weighted by Crippen LogP contribution is 2.43. The van der Waals surface area contributed by atoms with Crippen molar-refractivity contribution in [1.82, 2.24) is 14.5 Å². The Bertz CT molecular complexity index is 902. The van der Waals surface area contributed by atoms with Crippen LogP contribution in [0.15, 0.2) is 17.1 Å². The molecule has 128 valence electrons. The molecule has 0 bridgehead atoms.